The summed E-state index contributed by atoms with van der Waals surface area (Å²) in [7, 11) is 0. The third-order valence-electron chi connectivity index (χ3n) is 4.94. The van der Waals surface area contributed by atoms with Crippen molar-refractivity contribution in [3.05, 3.63) is 29.8 Å². The highest BCUT2D eigenvalue weighted by Crippen LogP contribution is 2.48. The van der Waals surface area contributed by atoms with Gasteiger partial charge >= 0.3 is 5.97 Å². The Hall–Kier alpha value is -2.02. The van der Waals surface area contributed by atoms with Crippen LogP contribution in [0.4, 0.5) is 14.5 Å². The van der Waals surface area contributed by atoms with E-state index in [1.165, 1.54) is 0 Å². The van der Waals surface area contributed by atoms with Gasteiger partial charge in [-0.15, -0.1) is 0 Å². The van der Waals surface area contributed by atoms with Crippen molar-refractivity contribution in [1.29, 1.82) is 0 Å². The van der Waals surface area contributed by atoms with Crippen molar-refractivity contribution >= 4 is 17.6 Å². The van der Waals surface area contributed by atoms with Crippen LogP contribution in [0.1, 0.15) is 19.3 Å². The Bertz CT molecular complexity index is 652. The number of carboxylic acids is 1. The standard InChI is InChI=1S/C16H18F2N2O3/c17-11-3-4-12(18)13(6-11)19-14(21)8-20-7-10-2-1-5-16(10,9-20)15(22)23/h3-4,6,10H,1-2,5,7-9H2,(H,19,21)(H,22,23)/t10-,16+/m0/s1. The fourth-order valence-electron chi connectivity index (χ4n) is 3.85. The zero-order valence-corrected chi connectivity index (χ0v) is 12.5. The molecule has 124 valence electrons. The number of rotatable bonds is 4. The van der Waals surface area contributed by atoms with E-state index in [1.807, 2.05) is 0 Å². The van der Waals surface area contributed by atoms with Crippen LogP contribution in [-0.2, 0) is 9.59 Å². The largest absolute Gasteiger partial charge is 0.481 e. The van der Waals surface area contributed by atoms with Gasteiger partial charge in [0.15, 0.2) is 0 Å². The van der Waals surface area contributed by atoms with E-state index in [-0.39, 0.29) is 18.2 Å². The molecule has 0 radical (unpaired) electrons. The molecule has 7 heteroatoms. The summed E-state index contributed by atoms with van der Waals surface area (Å²) in [6, 6.07) is 2.85. The molecule has 5 nitrogen and oxygen atoms in total. The molecular weight excluding hydrogens is 306 g/mol. The number of fused-ring (bicyclic) bond motifs is 1. The summed E-state index contributed by atoms with van der Waals surface area (Å²) in [5.74, 6) is -2.57. The molecule has 1 aromatic carbocycles. The zero-order chi connectivity index (χ0) is 16.6. The maximum absolute atomic E-state index is 13.5. The van der Waals surface area contributed by atoms with Gasteiger partial charge in [0.25, 0.3) is 0 Å². The van der Waals surface area contributed by atoms with Crippen molar-refractivity contribution in [2.45, 2.75) is 19.3 Å². The van der Waals surface area contributed by atoms with Gasteiger partial charge in [-0.1, -0.05) is 6.42 Å². The first-order valence-corrected chi connectivity index (χ1v) is 7.61. The molecule has 2 fully saturated rings. The van der Waals surface area contributed by atoms with Crippen LogP contribution in [0.3, 0.4) is 0 Å². The Morgan fingerprint density at radius 2 is 2.17 bits per heavy atom. The van der Waals surface area contributed by atoms with Gasteiger partial charge in [0.05, 0.1) is 17.6 Å². The van der Waals surface area contributed by atoms with Gasteiger partial charge in [0.1, 0.15) is 11.6 Å². The Balaban J connectivity index is 1.63. The van der Waals surface area contributed by atoms with Gasteiger partial charge in [-0.3, -0.25) is 14.5 Å². The van der Waals surface area contributed by atoms with Crippen LogP contribution in [-0.4, -0.2) is 41.5 Å². The van der Waals surface area contributed by atoms with Gasteiger partial charge < -0.3 is 10.4 Å². The maximum Gasteiger partial charge on any atom is 0.311 e. The molecule has 3 rings (SSSR count). The predicted molar refractivity (Wildman–Crippen MR) is 78.8 cm³/mol. The number of halogens is 2. The molecule has 2 N–H and O–H groups in total. The van der Waals surface area contributed by atoms with E-state index < -0.39 is 28.9 Å². The van der Waals surface area contributed by atoms with Crippen LogP contribution in [0.15, 0.2) is 18.2 Å². The van der Waals surface area contributed by atoms with Gasteiger partial charge in [-0.25, -0.2) is 8.78 Å². The first-order valence-electron chi connectivity index (χ1n) is 7.61. The molecule has 1 aliphatic heterocycles. The van der Waals surface area contributed by atoms with Crippen LogP contribution >= 0.6 is 0 Å². The minimum Gasteiger partial charge on any atom is -0.481 e. The Kier molecular flexibility index (Phi) is 4.06. The lowest BCUT2D eigenvalue weighted by atomic mass is 9.81. The second-order valence-corrected chi connectivity index (χ2v) is 6.39. The van der Waals surface area contributed by atoms with Gasteiger partial charge in [0, 0.05) is 19.2 Å². The average Bonchev–Trinajstić information content (AvgIpc) is 3.00. The van der Waals surface area contributed by atoms with E-state index in [0.717, 1.165) is 31.0 Å². The van der Waals surface area contributed by atoms with E-state index >= 15 is 0 Å². The van der Waals surface area contributed by atoms with E-state index in [0.29, 0.717) is 19.5 Å². The fourth-order valence-corrected chi connectivity index (χ4v) is 3.85. The lowest BCUT2D eigenvalue weighted by molar-refractivity contribution is -0.149. The molecule has 0 unspecified atom stereocenters. The van der Waals surface area contributed by atoms with Gasteiger partial charge in [0.2, 0.25) is 5.91 Å². The highest BCUT2D eigenvalue weighted by Gasteiger charge is 2.54. The highest BCUT2D eigenvalue weighted by molar-refractivity contribution is 5.92. The molecule has 0 bridgehead atoms. The lowest BCUT2D eigenvalue weighted by Gasteiger charge is -2.23. The Morgan fingerprint density at radius 1 is 1.39 bits per heavy atom. The molecule has 23 heavy (non-hydrogen) atoms. The number of amides is 1. The fraction of sp³-hybridized carbons (Fsp3) is 0.500. The van der Waals surface area contributed by atoms with Crippen molar-refractivity contribution in [3.8, 4) is 0 Å². The second kappa shape index (κ2) is 5.88. The normalized spacial score (nSPS) is 27.0. The topological polar surface area (TPSA) is 69.6 Å². The molecule has 1 aliphatic carbocycles. The number of hydrogen-bond acceptors (Lipinski definition) is 3. The SMILES string of the molecule is O=C(CN1C[C@@H]2CCC[C@@]2(C(=O)O)C1)Nc1cc(F)ccc1F. The smallest absolute Gasteiger partial charge is 0.311 e. The van der Waals surface area contributed by atoms with E-state index in [1.54, 1.807) is 4.90 Å². The van der Waals surface area contributed by atoms with Gasteiger partial charge in [-0.2, -0.15) is 0 Å². The summed E-state index contributed by atoms with van der Waals surface area (Å²) >= 11 is 0. The number of carbonyl (C=O) groups excluding carboxylic acids is 1. The van der Waals surface area contributed by atoms with E-state index in [9.17, 15) is 23.5 Å². The Labute approximate surface area is 132 Å². The molecule has 1 saturated heterocycles. The average molecular weight is 324 g/mol. The van der Waals surface area contributed by atoms with E-state index in [2.05, 4.69) is 5.32 Å². The molecule has 2 atom stereocenters. The first-order chi connectivity index (χ1) is 10.9. The summed E-state index contributed by atoms with van der Waals surface area (Å²) < 4.78 is 26.6. The number of nitrogens with zero attached hydrogens (tertiary/aromatic N) is 1. The number of benzene rings is 1. The van der Waals surface area contributed by atoms with Crippen LogP contribution in [0.5, 0.6) is 0 Å². The molecule has 1 amide bonds. The number of hydrogen-bond donors (Lipinski definition) is 2. The van der Waals surface area contributed by atoms with Crippen molar-refractivity contribution in [2.75, 3.05) is 25.0 Å². The molecule has 2 aliphatic rings. The number of nitrogens with one attached hydrogen (secondary N) is 1. The zero-order valence-electron chi connectivity index (χ0n) is 12.5. The predicted octanol–water partition coefficient (Wildman–Crippen LogP) is 2.09. The molecule has 1 saturated carbocycles. The maximum atomic E-state index is 13.5. The van der Waals surface area contributed by atoms with Crippen LogP contribution in [0.25, 0.3) is 0 Å². The summed E-state index contributed by atoms with van der Waals surface area (Å²) in [5.41, 5.74) is -0.966. The van der Waals surface area contributed by atoms with Crippen molar-refractivity contribution < 1.29 is 23.5 Å². The minimum atomic E-state index is -0.806. The second-order valence-electron chi connectivity index (χ2n) is 6.39. The number of carbonyl (C=O) groups is 2. The number of aliphatic carboxylic acids is 1. The third kappa shape index (κ3) is 2.93. The first kappa shape index (κ1) is 15.9. The Morgan fingerprint density at radius 3 is 2.87 bits per heavy atom. The lowest BCUT2D eigenvalue weighted by Crippen LogP contribution is -2.37. The summed E-state index contributed by atoms with van der Waals surface area (Å²) in [4.78, 5) is 25.4. The molecule has 0 spiro atoms. The van der Waals surface area contributed by atoms with E-state index in [4.69, 9.17) is 0 Å². The summed E-state index contributed by atoms with van der Waals surface area (Å²) in [6.45, 7) is 0.846. The van der Waals surface area contributed by atoms with Crippen LogP contribution in [0.2, 0.25) is 0 Å². The van der Waals surface area contributed by atoms with Crippen molar-refractivity contribution in [1.82, 2.24) is 4.90 Å². The summed E-state index contributed by atoms with van der Waals surface area (Å²) in [6.07, 6.45) is 2.37. The minimum absolute atomic E-state index is 0.0263. The van der Waals surface area contributed by atoms with Crippen LogP contribution < -0.4 is 5.32 Å². The monoisotopic (exact) mass is 324 g/mol. The quantitative estimate of drug-likeness (QED) is 0.890. The number of anilines is 1. The van der Waals surface area contributed by atoms with Crippen molar-refractivity contribution in [2.24, 2.45) is 11.3 Å². The number of likely N-dealkylation sites (tertiary alicyclic amines) is 1. The molecule has 1 aromatic rings. The molecule has 1 heterocycles. The van der Waals surface area contributed by atoms with Crippen molar-refractivity contribution in [3.63, 3.8) is 0 Å². The molecular formula is C16H18F2N2O3. The van der Waals surface area contributed by atoms with Crippen LogP contribution in [0, 0.1) is 23.0 Å². The third-order valence-corrected chi connectivity index (χ3v) is 4.94. The summed E-state index contributed by atoms with van der Waals surface area (Å²) in [5, 5.41) is 11.9. The van der Waals surface area contributed by atoms with Gasteiger partial charge in [-0.05, 0) is 30.9 Å². The number of carboxylic acid groups (broad SMARTS) is 1. The highest BCUT2D eigenvalue weighted by atomic mass is 19.1. The molecule has 0 aromatic heterocycles.